The first-order valence-corrected chi connectivity index (χ1v) is 5.82. The van der Waals surface area contributed by atoms with Gasteiger partial charge in [-0.3, -0.25) is 9.59 Å². The predicted molar refractivity (Wildman–Crippen MR) is 60.0 cm³/mol. The number of carbonyl (C=O) groups excluding carboxylic acids is 2. The largest absolute Gasteiger partial charge is 0.480 e. The summed E-state index contributed by atoms with van der Waals surface area (Å²) in [5.41, 5.74) is 4.93. The van der Waals surface area contributed by atoms with Gasteiger partial charge in [-0.25, -0.2) is 4.79 Å². The van der Waals surface area contributed by atoms with Crippen molar-refractivity contribution in [2.24, 2.45) is 11.7 Å². The highest BCUT2D eigenvalue weighted by Gasteiger charge is 2.27. The van der Waals surface area contributed by atoms with E-state index in [1.54, 1.807) is 0 Å². The third-order valence-electron chi connectivity index (χ3n) is 3.00. The number of hydrogen-bond acceptors (Lipinski definition) is 3. The minimum Gasteiger partial charge on any atom is -0.480 e. The van der Waals surface area contributed by atoms with Gasteiger partial charge in [-0.2, -0.15) is 0 Å². The molecule has 17 heavy (non-hydrogen) atoms. The van der Waals surface area contributed by atoms with Crippen molar-refractivity contribution in [1.29, 1.82) is 0 Å². The average Bonchev–Trinajstić information content (AvgIpc) is 2.28. The van der Waals surface area contributed by atoms with Gasteiger partial charge >= 0.3 is 5.97 Å². The van der Waals surface area contributed by atoms with Crippen molar-refractivity contribution < 1.29 is 19.5 Å². The molecule has 0 radical (unpaired) electrons. The number of nitrogens with one attached hydrogen (secondary N) is 1. The Kier molecular flexibility index (Phi) is 4.93. The predicted octanol–water partition coefficient (Wildman–Crippen LogP) is 0.0115. The summed E-state index contributed by atoms with van der Waals surface area (Å²) in [6, 6.07) is -1.21. The summed E-state index contributed by atoms with van der Waals surface area (Å²) in [6.07, 6.45) is 4.31. The first-order valence-electron chi connectivity index (χ1n) is 5.82. The number of carbonyl (C=O) groups is 3. The Labute approximate surface area is 99.6 Å². The lowest BCUT2D eigenvalue weighted by Crippen LogP contribution is -2.46. The molecule has 6 nitrogen and oxygen atoms in total. The fraction of sp³-hybridized carbons (Fsp3) is 0.727. The molecule has 0 heterocycles. The van der Waals surface area contributed by atoms with Crippen molar-refractivity contribution in [3.05, 3.63) is 0 Å². The van der Waals surface area contributed by atoms with Crippen molar-refractivity contribution in [2.75, 3.05) is 0 Å². The second kappa shape index (κ2) is 6.22. The molecule has 0 bridgehead atoms. The number of hydrogen-bond donors (Lipinski definition) is 3. The van der Waals surface area contributed by atoms with E-state index >= 15 is 0 Å². The van der Waals surface area contributed by atoms with Gasteiger partial charge in [0.05, 0.1) is 6.42 Å². The summed E-state index contributed by atoms with van der Waals surface area (Å²) in [6.45, 7) is 0. The quantitative estimate of drug-likeness (QED) is 0.630. The monoisotopic (exact) mass is 242 g/mol. The van der Waals surface area contributed by atoms with E-state index in [0.29, 0.717) is 0 Å². The van der Waals surface area contributed by atoms with Gasteiger partial charge in [0.25, 0.3) is 0 Å². The van der Waals surface area contributed by atoms with Crippen molar-refractivity contribution in [2.45, 2.75) is 44.6 Å². The minimum absolute atomic E-state index is 0.126. The molecule has 1 aliphatic rings. The molecule has 1 atom stereocenters. The maximum absolute atomic E-state index is 11.8. The zero-order valence-corrected chi connectivity index (χ0v) is 9.65. The summed E-state index contributed by atoms with van der Waals surface area (Å²) >= 11 is 0. The van der Waals surface area contributed by atoms with Gasteiger partial charge in [-0.05, 0) is 12.8 Å². The number of amides is 2. The Bertz CT molecular complexity index is 311. The van der Waals surface area contributed by atoms with Crippen molar-refractivity contribution in [1.82, 2.24) is 5.32 Å². The Balaban J connectivity index is 2.50. The van der Waals surface area contributed by atoms with E-state index in [9.17, 15) is 14.4 Å². The zero-order chi connectivity index (χ0) is 12.8. The lowest BCUT2D eigenvalue weighted by molar-refractivity contribution is -0.144. The molecule has 0 aromatic carbocycles. The van der Waals surface area contributed by atoms with Gasteiger partial charge < -0.3 is 16.2 Å². The number of aliphatic carboxylic acids is 1. The van der Waals surface area contributed by atoms with Gasteiger partial charge in [-0.1, -0.05) is 19.3 Å². The third-order valence-corrected chi connectivity index (χ3v) is 3.00. The van der Waals surface area contributed by atoms with Crippen LogP contribution in [0.5, 0.6) is 0 Å². The van der Waals surface area contributed by atoms with Crippen LogP contribution in [0.25, 0.3) is 0 Å². The second-order valence-electron chi connectivity index (χ2n) is 4.40. The number of primary amides is 1. The van der Waals surface area contributed by atoms with Gasteiger partial charge in [-0.15, -0.1) is 0 Å². The first kappa shape index (κ1) is 13.5. The molecule has 2 amide bonds. The van der Waals surface area contributed by atoms with E-state index in [0.717, 1.165) is 32.1 Å². The Hall–Kier alpha value is -1.59. The van der Waals surface area contributed by atoms with E-state index in [-0.39, 0.29) is 18.2 Å². The zero-order valence-electron chi connectivity index (χ0n) is 9.65. The molecular weight excluding hydrogens is 224 g/mol. The third kappa shape index (κ3) is 4.42. The summed E-state index contributed by atoms with van der Waals surface area (Å²) < 4.78 is 0. The van der Waals surface area contributed by atoms with Crippen LogP contribution in [-0.2, 0) is 14.4 Å². The van der Waals surface area contributed by atoms with Gasteiger partial charge in [0.1, 0.15) is 6.04 Å². The van der Waals surface area contributed by atoms with Gasteiger partial charge in [0, 0.05) is 5.92 Å². The molecule has 0 aromatic heterocycles. The van der Waals surface area contributed by atoms with Crippen LogP contribution >= 0.6 is 0 Å². The van der Waals surface area contributed by atoms with Crippen LogP contribution in [0.3, 0.4) is 0 Å². The summed E-state index contributed by atoms with van der Waals surface area (Å²) in [5.74, 6) is -2.37. The Morgan fingerprint density at radius 2 is 1.82 bits per heavy atom. The fourth-order valence-corrected chi connectivity index (χ4v) is 2.06. The fourth-order valence-electron chi connectivity index (χ4n) is 2.06. The SMILES string of the molecule is NC(=O)C[C@@H](NC(=O)C1CCCCC1)C(=O)O. The van der Waals surface area contributed by atoms with Crippen LogP contribution in [-0.4, -0.2) is 28.9 Å². The highest BCUT2D eigenvalue weighted by molar-refractivity contribution is 5.88. The maximum Gasteiger partial charge on any atom is 0.326 e. The molecule has 1 saturated carbocycles. The Morgan fingerprint density at radius 3 is 2.29 bits per heavy atom. The standard InChI is InChI=1S/C11H18N2O4/c12-9(14)6-8(11(16)17)13-10(15)7-4-2-1-3-5-7/h7-8H,1-6H2,(H2,12,14)(H,13,15)(H,16,17)/t8-/m1/s1. The molecule has 0 spiro atoms. The Morgan fingerprint density at radius 1 is 1.24 bits per heavy atom. The molecule has 0 aromatic rings. The van der Waals surface area contributed by atoms with Gasteiger partial charge in [0.15, 0.2) is 0 Å². The molecule has 4 N–H and O–H groups in total. The van der Waals surface area contributed by atoms with E-state index in [4.69, 9.17) is 10.8 Å². The first-order chi connectivity index (χ1) is 8.00. The highest BCUT2D eigenvalue weighted by Crippen LogP contribution is 2.23. The van der Waals surface area contributed by atoms with Crippen molar-refractivity contribution in [3.63, 3.8) is 0 Å². The summed E-state index contributed by atoms with van der Waals surface area (Å²) in [7, 11) is 0. The van der Waals surface area contributed by atoms with Crippen LogP contribution < -0.4 is 11.1 Å². The van der Waals surface area contributed by atoms with Crippen LogP contribution in [0.1, 0.15) is 38.5 Å². The lowest BCUT2D eigenvalue weighted by atomic mass is 9.88. The second-order valence-corrected chi connectivity index (χ2v) is 4.40. The molecule has 96 valence electrons. The van der Waals surface area contributed by atoms with Crippen LogP contribution in [0, 0.1) is 5.92 Å². The highest BCUT2D eigenvalue weighted by atomic mass is 16.4. The maximum atomic E-state index is 11.8. The molecule has 0 aliphatic heterocycles. The van der Waals surface area contributed by atoms with E-state index in [2.05, 4.69) is 5.32 Å². The van der Waals surface area contributed by atoms with Crippen molar-refractivity contribution >= 4 is 17.8 Å². The lowest BCUT2D eigenvalue weighted by Gasteiger charge is -2.22. The van der Waals surface area contributed by atoms with Crippen LogP contribution in [0.4, 0.5) is 0 Å². The molecule has 6 heteroatoms. The number of nitrogens with two attached hydrogens (primary N) is 1. The topological polar surface area (TPSA) is 109 Å². The van der Waals surface area contributed by atoms with Crippen molar-refractivity contribution in [3.8, 4) is 0 Å². The molecule has 0 saturated heterocycles. The minimum atomic E-state index is -1.23. The van der Waals surface area contributed by atoms with E-state index < -0.39 is 17.9 Å². The van der Waals surface area contributed by atoms with Crippen LogP contribution in [0.2, 0.25) is 0 Å². The number of carboxylic acids is 1. The van der Waals surface area contributed by atoms with Crippen LogP contribution in [0.15, 0.2) is 0 Å². The molecule has 1 rings (SSSR count). The van der Waals surface area contributed by atoms with Gasteiger partial charge in [0.2, 0.25) is 11.8 Å². The molecule has 0 unspecified atom stereocenters. The molecule has 1 aliphatic carbocycles. The number of carboxylic acid groups (broad SMARTS) is 1. The molecule has 1 fully saturated rings. The smallest absolute Gasteiger partial charge is 0.326 e. The van der Waals surface area contributed by atoms with E-state index in [1.165, 1.54) is 0 Å². The summed E-state index contributed by atoms with van der Waals surface area (Å²) in [5, 5.41) is 11.2. The summed E-state index contributed by atoms with van der Waals surface area (Å²) in [4.78, 5) is 33.3. The average molecular weight is 242 g/mol. The normalized spacial score (nSPS) is 18.4. The van der Waals surface area contributed by atoms with E-state index in [1.807, 2.05) is 0 Å². The number of rotatable bonds is 5. The molecular formula is C11H18N2O4.